The SMILES string of the molecule is CCc1nc2c(C)cc(C)nc2n1Cc1ccc(C(O)C(=O)OC)cc1. The van der Waals surface area contributed by atoms with Gasteiger partial charge in [-0.3, -0.25) is 0 Å². The first kappa shape index (κ1) is 18.1. The molecule has 2 heterocycles. The van der Waals surface area contributed by atoms with Gasteiger partial charge in [-0.15, -0.1) is 0 Å². The molecule has 3 rings (SSSR count). The van der Waals surface area contributed by atoms with Gasteiger partial charge in [0, 0.05) is 12.1 Å². The van der Waals surface area contributed by atoms with Gasteiger partial charge >= 0.3 is 5.97 Å². The van der Waals surface area contributed by atoms with E-state index in [9.17, 15) is 9.90 Å². The molecule has 26 heavy (non-hydrogen) atoms. The van der Waals surface area contributed by atoms with Crippen LogP contribution in [0.1, 0.15) is 41.2 Å². The summed E-state index contributed by atoms with van der Waals surface area (Å²) in [5, 5.41) is 9.92. The van der Waals surface area contributed by atoms with Crippen LogP contribution in [-0.4, -0.2) is 32.7 Å². The molecule has 0 saturated carbocycles. The molecule has 0 fully saturated rings. The Kier molecular flexibility index (Phi) is 5.04. The first-order chi connectivity index (χ1) is 12.4. The van der Waals surface area contributed by atoms with Crippen molar-refractivity contribution in [2.75, 3.05) is 7.11 Å². The lowest BCUT2D eigenvalue weighted by molar-refractivity contribution is -0.150. The Morgan fingerprint density at radius 2 is 1.92 bits per heavy atom. The number of fused-ring (bicyclic) bond motifs is 1. The third kappa shape index (κ3) is 3.32. The average molecular weight is 353 g/mol. The standard InChI is InChI=1S/C20H23N3O3/c1-5-16-22-17-12(2)10-13(3)21-19(17)23(16)11-14-6-8-15(9-7-14)18(24)20(25)26-4/h6-10,18,24H,5,11H2,1-4H3. The van der Waals surface area contributed by atoms with Gasteiger partial charge in [0.2, 0.25) is 0 Å². The summed E-state index contributed by atoms with van der Waals surface area (Å²) in [6.45, 7) is 6.75. The molecule has 136 valence electrons. The largest absolute Gasteiger partial charge is 0.467 e. The predicted octanol–water partition coefficient (Wildman–Crippen LogP) is 2.87. The second kappa shape index (κ2) is 7.25. The number of ether oxygens (including phenoxy) is 1. The highest BCUT2D eigenvalue weighted by atomic mass is 16.5. The van der Waals surface area contributed by atoms with E-state index in [1.54, 1.807) is 12.1 Å². The van der Waals surface area contributed by atoms with E-state index in [0.717, 1.165) is 40.2 Å². The lowest BCUT2D eigenvalue weighted by atomic mass is 10.1. The number of carbonyl (C=O) groups excluding carboxylic acids is 1. The Labute approximate surface area is 152 Å². The molecule has 1 aromatic carbocycles. The number of aliphatic hydroxyl groups excluding tert-OH is 1. The predicted molar refractivity (Wildman–Crippen MR) is 98.9 cm³/mol. The maximum absolute atomic E-state index is 11.5. The molecule has 1 atom stereocenters. The smallest absolute Gasteiger partial charge is 0.339 e. The molecule has 1 N–H and O–H groups in total. The third-order valence-corrected chi connectivity index (χ3v) is 4.48. The van der Waals surface area contributed by atoms with E-state index in [1.165, 1.54) is 7.11 Å². The molecule has 6 heteroatoms. The van der Waals surface area contributed by atoms with Crippen LogP contribution < -0.4 is 0 Å². The Morgan fingerprint density at radius 1 is 1.23 bits per heavy atom. The summed E-state index contributed by atoms with van der Waals surface area (Å²) in [5.74, 6) is 0.321. The molecular formula is C20H23N3O3. The first-order valence-electron chi connectivity index (χ1n) is 8.62. The monoisotopic (exact) mass is 353 g/mol. The van der Waals surface area contributed by atoms with E-state index >= 15 is 0 Å². The van der Waals surface area contributed by atoms with Crippen LogP contribution in [0.3, 0.4) is 0 Å². The van der Waals surface area contributed by atoms with Crippen LogP contribution in [-0.2, 0) is 22.5 Å². The number of aromatic nitrogens is 3. The zero-order chi connectivity index (χ0) is 18.8. The van der Waals surface area contributed by atoms with Crippen molar-refractivity contribution in [3.8, 4) is 0 Å². The van der Waals surface area contributed by atoms with Crippen LogP contribution in [0.5, 0.6) is 0 Å². The second-order valence-electron chi connectivity index (χ2n) is 6.39. The van der Waals surface area contributed by atoms with Crippen molar-refractivity contribution in [3.05, 3.63) is 58.5 Å². The highest BCUT2D eigenvalue weighted by Gasteiger charge is 2.18. The summed E-state index contributed by atoms with van der Waals surface area (Å²) in [6, 6.07) is 9.32. The fourth-order valence-electron chi connectivity index (χ4n) is 3.12. The molecule has 0 spiro atoms. The highest BCUT2D eigenvalue weighted by molar-refractivity contribution is 5.76. The number of benzene rings is 1. The molecule has 0 radical (unpaired) electrons. The molecule has 0 aliphatic carbocycles. The minimum Gasteiger partial charge on any atom is -0.467 e. The number of methoxy groups -OCH3 is 1. The van der Waals surface area contributed by atoms with Crippen molar-refractivity contribution < 1.29 is 14.6 Å². The molecule has 0 aliphatic heterocycles. The Hall–Kier alpha value is -2.73. The summed E-state index contributed by atoms with van der Waals surface area (Å²) in [5.41, 5.74) is 5.47. The van der Waals surface area contributed by atoms with Crippen LogP contribution in [0.15, 0.2) is 30.3 Å². The molecule has 2 aromatic heterocycles. The van der Waals surface area contributed by atoms with Crippen LogP contribution >= 0.6 is 0 Å². The summed E-state index contributed by atoms with van der Waals surface area (Å²) >= 11 is 0. The van der Waals surface area contributed by atoms with Gasteiger partial charge in [0.25, 0.3) is 0 Å². The Balaban J connectivity index is 1.95. The fourth-order valence-corrected chi connectivity index (χ4v) is 3.12. The van der Waals surface area contributed by atoms with Gasteiger partial charge in [-0.05, 0) is 36.6 Å². The van der Waals surface area contributed by atoms with E-state index in [2.05, 4.69) is 28.1 Å². The molecule has 6 nitrogen and oxygen atoms in total. The number of rotatable bonds is 5. The first-order valence-corrected chi connectivity index (χ1v) is 8.62. The fraction of sp³-hybridized carbons (Fsp3) is 0.350. The molecule has 0 aliphatic rings. The maximum atomic E-state index is 11.5. The second-order valence-corrected chi connectivity index (χ2v) is 6.39. The topological polar surface area (TPSA) is 77.2 Å². The van der Waals surface area contributed by atoms with Crippen molar-refractivity contribution in [3.63, 3.8) is 0 Å². The van der Waals surface area contributed by atoms with E-state index in [4.69, 9.17) is 4.98 Å². The van der Waals surface area contributed by atoms with Crippen molar-refractivity contribution in [2.24, 2.45) is 0 Å². The van der Waals surface area contributed by atoms with Gasteiger partial charge in [0.15, 0.2) is 11.8 Å². The van der Waals surface area contributed by atoms with Gasteiger partial charge in [0.1, 0.15) is 11.3 Å². The summed E-state index contributed by atoms with van der Waals surface area (Å²) in [4.78, 5) is 20.9. The molecule has 1 unspecified atom stereocenters. The minimum atomic E-state index is -1.26. The van der Waals surface area contributed by atoms with Gasteiger partial charge < -0.3 is 14.4 Å². The van der Waals surface area contributed by atoms with Crippen molar-refractivity contribution >= 4 is 17.1 Å². The number of hydrogen-bond acceptors (Lipinski definition) is 5. The summed E-state index contributed by atoms with van der Waals surface area (Å²) < 4.78 is 6.70. The Morgan fingerprint density at radius 3 is 2.54 bits per heavy atom. The van der Waals surface area contributed by atoms with E-state index in [1.807, 2.05) is 25.1 Å². The molecule has 0 bridgehead atoms. The minimum absolute atomic E-state index is 0.511. The van der Waals surface area contributed by atoms with Gasteiger partial charge in [-0.25, -0.2) is 14.8 Å². The lowest BCUT2D eigenvalue weighted by Gasteiger charge is -2.11. The summed E-state index contributed by atoms with van der Waals surface area (Å²) in [6.07, 6.45) is -0.449. The number of carbonyl (C=O) groups is 1. The quantitative estimate of drug-likeness (QED) is 0.714. The molecule has 3 aromatic rings. The van der Waals surface area contributed by atoms with Crippen molar-refractivity contribution in [1.29, 1.82) is 0 Å². The van der Waals surface area contributed by atoms with Gasteiger partial charge in [-0.1, -0.05) is 31.2 Å². The van der Waals surface area contributed by atoms with Crippen molar-refractivity contribution in [2.45, 2.75) is 39.8 Å². The Bertz CT molecular complexity index is 945. The summed E-state index contributed by atoms with van der Waals surface area (Å²) in [7, 11) is 1.26. The number of nitrogens with zero attached hydrogens (tertiary/aromatic N) is 3. The van der Waals surface area contributed by atoms with Crippen LogP contribution in [0, 0.1) is 13.8 Å². The number of aliphatic hydroxyl groups is 1. The molecule has 0 saturated heterocycles. The normalized spacial score (nSPS) is 12.3. The van der Waals surface area contributed by atoms with Gasteiger partial charge in [-0.2, -0.15) is 0 Å². The number of pyridine rings is 1. The van der Waals surface area contributed by atoms with Crippen molar-refractivity contribution in [1.82, 2.24) is 14.5 Å². The lowest BCUT2D eigenvalue weighted by Crippen LogP contribution is -2.13. The number of esters is 1. The maximum Gasteiger partial charge on any atom is 0.339 e. The van der Waals surface area contributed by atoms with E-state index in [0.29, 0.717) is 12.1 Å². The number of imidazole rings is 1. The zero-order valence-electron chi connectivity index (χ0n) is 15.5. The highest BCUT2D eigenvalue weighted by Crippen LogP contribution is 2.22. The number of hydrogen-bond donors (Lipinski definition) is 1. The number of aryl methyl sites for hydroxylation is 3. The van der Waals surface area contributed by atoms with Gasteiger partial charge in [0.05, 0.1) is 13.7 Å². The molecule has 0 amide bonds. The van der Waals surface area contributed by atoms with Crippen LogP contribution in [0.4, 0.5) is 0 Å². The van der Waals surface area contributed by atoms with Crippen LogP contribution in [0.2, 0.25) is 0 Å². The van der Waals surface area contributed by atoms with Crippen LogP contribution in [0.25, 0.3) is 11.2 Å². The average Bonchev–Trinajstić information content (AvgIpc) is 2.99. The van der Waals surface area contributed by atoms with E-state index < -0.39 is 12.1 Å². The van der Waals surface area contributed by atoms with E-state index in [-0.39, 0.29) is 0 Å². The molecular weight excluding hydrogens is 330 g/mol. The zero-order valence-corrected chi connectivity index (χ0v) is 15.5. The third-order valence-electron chi connectivity index (χ3n) is 4.48.